The predicted molar refractivity (Wildman–Crippen MR) is 103 cm³/mol. The van der Waals surface area contributed by atoms with E-state index < -0.39 is 0 Å². The largest absolute Gasteiger partial charge is 0.393 e. The molecule has 0 saturated heterocycles. The Kier molecular flexibility index (Phi) is 3.69. The zero-order valence-electron chi connectivity index (χ0n) is 16.0. The van der Waals surface area contributed by atoms with E-state index in [4.69, 9.17) is 0 Å². The highest BCUT2D eigenvalue weighted by Crippen LogP contribution is 2.66. The molecule has 0 aliphatic heterocycles. The first-order chi connectivity index (χ1) is 12.5. The molecule has 1 N–H and O–H groups in total. The van der Waals surface area contributed by atoms with Crippen LogP contribution in [0.25, 0.3) is 5.57 Å². The monoisotopic (exact) mass is 350 g/mol. The van der Waals surface area contributed by atoms with Gasteiger partial charge >= 0.3 is 0 Å². The van der Waals surface area contributed by atoms with Crippen molar-refractivity contribution in [3.05, 3.63) is 42.0 Å². The molecule has 2 fully saturated rings. The van der Waals surface area contributed by atoms with Crippen LogP contribution in [-0.4, -0.2) is 21.2 Å². The van der Waals surface area contributed by atoms with Crippen LogP contribution < -0.4 is 0 Å². The van der Waals surface area contributed by atoms with Crippen molar-refractivity contribution in [1.29, 1.82) is 0 Å². The van der Waals surface area contributed by atoms with Crippen LogP contribution in [0.15, 0.2) is 36.3 Å². The minimum atomic E-state index is -0.115. The third-order valence-corrected chi connectivity index (χ3v) is 8.50. The van der Waals surface area contributed by atoms with Crippen LogP contribution >= 0.6 is 0 Å². The molecule has 5 rings (SSSR count). The second kappa shape index (κ2) is 5.76. The van der Waals surface area contributed by atoms with Gasteiger partial charge < -0.3 is 5.11 Å². The smallest absolute Gasteiger partial charge is 0.0847 e. The van der Waals surface area contributed by atoms with Gasteiger partial charge in [0.25, 0.3) is 0 Å². The molecular formula is C23H30N2O. The van der Waals surface area contributed by atoms with Crippen molar-refractivity contribution in [2.24, 2.45) is 28.6 Å². The molecule has 4 aliphatic carbocycles. The molecule has 0 bridgehead atoms. The summed E-state index contributed by atoms with van der Waals surface area (Å²) >= 11 is 0. The fourth-order valence-corrected chi connectivity index (χ4v) is 7.04. The van der Waals surface area contributed by atoms with Gasteiger partial charge in [-0.1, -0.05) is 31.6 Å². The zero-order chi connectivity index (χ0) is 17.9. The third kappa shape index (κ3) is 2.22. The van der Waals surface area contributed by atoms with E-state index in [1.807, 2.05) is 12.4 Å². The van der Waals surface area contributed by atoms with Gasteiger partial charge in [-0.25, -0.2) is 0 Å². The number of rotatable bonds is 1. The Hall–Kier alpha value is -1.48. The lowest BCUT2D eigenvalue weighted by molar-refractivity contribution is -0.0238. The molecule has 1 aromatic rings. The normalized spacial score (nSPS) is 44.4. The number of fused-ring (bicyclic) bond motifs is 5. The fourth-order valence-electron chi connectivity index (χ4n) is 7.04. The number of nitrogens with zero attached hydrogens (tertiary/aromatic N) is 2. The van der Waals surface area contributed by atoms with Gasteiger partial charge in [-0.3, -0.25) is 9.97 Å². The summed E-state index contributed by atoms with van der Waals surface area (Å²) < 4.78 is 0. The van der Waals surface area contributed by atoms with Crippen molar-refractivity contribution in [2.75, 3.05) is 0 Å². The maximum absolute atomic E-state index is 10.1. The lowest BCUT2D eigenvalue weighted by atomic mass is 9.47. The lowest BCUT2D eigenvalue weighted by Gasteiger charge is -2.57. The second-order valence-electron chi connectivity index (χ2n) is 9.56. The first-order valence-electron chi connectivity index (χ1n) is 10.4. The third-order valence-electron chi connectivity index (χ3n) is 8.50. The molecule has 3 heteroatoms. The fraction of sp³-hybridized carbons (Fsp3) is 0.652. The van der Waals surface area contributed by atoms with Crippen LogP contribution in [-0.2, 0) is 0 Å². The van der Waals surface area contributed by atoms with Gasteiger partial charge in [0.2, 0.25) is 0 Å². The molecule has 0 spiro atoms. The topological polar surface area (TPSA) is 46.0 Å². The Labute approximate surface area is 156 Å². The molecular weight excluding hydrogens is 320 g/mol. The maximum Gasteiger partial charge on any atom is 0.0847 e. The minimum absolute atomic E-state index is 0.115. The van der Waals surface area contributed by atoms with Gasteiger partial charge in [-0.15, -0.1) is 0 Å². The van der Waals surface area contributed by atoms with E-state index in [1.54, 1.807) is 11.8 Å². The van der Waals surface area contributed by atoms with Crippen molar-refractivity contribution in [2.45, 2.75) is 64.9 Å². The minimum Gasteiger partial charge on any atom is -0.393 e. The standard InChI is InChI=1S/C23H30N2O/c1-22-9-7-16(26)13-15(22)3-4-17-18-5-6-20(21-14-24-11-12-25-21)23(18,2)10-8-19(17)22/h3,6,11-12,14,16-19,26H,4-5,7-10,13H2,1-2H3/t16-,17?,18?,19?,22-,23-/m0/s1. The highest BCUT2D eigenvalue weighted by Gasteiger charge is 2.56. The van der Waals surface area contributed by atoms with Crippen molar-refractivity contribution in [1.82, 2.24) is 9.97 Å². The lowest BCUT2D eigenvalue weighted by Crippen LogP contribution is -2.49. The molecule has 0 radical (unpaired) electrons. The summed E-state index contributed by atoms with van der Waals surface area (Å²) in [6, 6.07) is 0. The summed E-state index contributed by atoms with van der Waals surface area (Å²) in [6.07, 6.45) is 18.4. The van der Waals surface area contributed by atoms with E-state index >= 15 is 0 Å². The van der Waals surface area contributed by atoms with Gasteiger partial charge in [-0.2, -0.15) is 0 Å². The van der Waals surface area contributed by atoms with Crippen molar-refractivity contribution >= 4 is 5.57 Å². The number of hydrogen-bond acceptors (Lipinski definition) is 3. The average Bonchev–Trinajstić information content (AvgIpc) is 3.00. The Morgan fingerprint density at radius 1 is 1.00 bits per heavy atom. The second-order valence-corrected chi connectivity index (χ2v) is 9.56. The number of allylic oxidation sites excluding steroid dienone is 3. The van der Waals surface area contributed by atoms with E-state index in [0.717, 1.165) is 42.7 Å². The summed E-state index contributed by atoms with van der Waals surface area (Å²) in [5.74, 6) is 2.27. The molecule has 0 aromatic carbocycles. The number of aliphatic hydroxyl groups excluding tert-OH is 1. The number of aromatic nitrogens is 2. The molecule has 4 aliphatic rings. The molecule has 1 aromatic heterocycles. The van der Waals surface area contributed by atoms with Gasteiger partial charge in [0.05, 0.1) is 18.0 Å². The van der Waals surface area contributed by atoms with Gasteiger partial charge in [0, 0.05) is 12.4 Å². The zero-order valence-corrected chi connectivity index (χ0v) is 16.0. The quantitative estimate of drug-likeness (QED) is 0.741. The Balaban J connectivity index is 1.48. The van der Waals surface area contributed by atoms with E-state index in [9.17, 15) is 5.11 Å². The van der Waals surface area contributed by atoms with Crippen LogP contribution in [0.1, 0.15) is 64.5 Å². The summed E-state index contributed by atoms with van der Waals surface area (Å²) in [5.41, 5.74) is 4.63. The Morgan fingerprint density at radius 3 is 2.65 bits per heavy atom. The van der Waals surface area contributed by atoms with Crippen LogP contribution in [0.2, 0.25) is 0 Å². The van der Waals surface area contributed by atoms with Crippen LogP contribution in [0.3, 0.4) is 0 Å². The Bertz CT molecular complexity index is 770. The summed E-state index contributed by atoms with van der Waals surface area (Å²) in [7, 11) is 0. The van der Waals surface area contributed by atoms with Crippen LogP contribution in [0.5, 0.6) is 0 Å². The van der Waals surface area contributed by atoms with E-state index in [2.05, 4.69) is 36.0 Å². The van der Waals surface area contributed by atoms with Crippen molar-refractivity contribution in [3.63, 3.8) is 0 Å². The summed E-state index contributed by atoms with van der Waals surface area (Å²) in [5, 5.41) is 10.1. The van der Waals surface area contributed by atoms with E-state index in [-0.39, 0.29) is 11.5 Å². The van der Waals surface area contributed by atoms with E-state index in [0.29, 0.717) is 5.41 Å². The summed E-state index contributed by atoms with van der Waals surface area (Å²) in [4.78, 5) is 8.93. The van der Waals surface area contributed by atoms with E-state index in [1.165, 1.54) is 31.3 Å². The highest BCUT2D eigenvalue weighted by atomic mass is 16.3. The molecule has 138 valence electrons. The maximum atomic E-state index is 10.1. The van der Waals surface area contributed by atoms with Crippen molar-refractivity contribution in [3.8, 4) is 0 Å². The molecule has 3 nitrogen and oxygen atoms in total. The number of hydrogen-bond donors (Lipinski definition) is 1. The first kappa shape index (κ1) is 16.7. The van der Waals surface area contributed by atoms with Crippen molar-refractivity contribution < 1.29 is 5.11 Å². The predicted octanol–water partition coefficient (Wildman–Crippen LogP) is 4.79. The number of aliphatic hydroxyl groups is 1. The van der Waals surface area contributed by atoms with Gasteiger partial charge in [-0.05, 0) is 79.1 Å². The molecule has 26 heavy (non-hydrogen) atoms. The van der Waals surface area contributed by atoms with Crippen LogP contribution in [0.4, 0.5) is 0 Å². The molecule has 0 amide bonds. The highest BCUT2D eigenvalue weighted by molar-refractivity contribution is 5.70. The Morgan fingerprint density at radius 2 is 1.85 bits per heavy atom. The molecule has 2 saturated carbocycles. The van der Waals surface area contributed by atoms with Crippen LogP contribution in [0, 0.1) is 28.6 Å². The molecule has 6 atom stereocenters. The molecule has 1 heterocycles. The average molecular weight is 351 g/mol. The molecule has 3 unspecified atom stereocenters. The first-order valence-corrected chi connectivity index (χ1v) is 10.4. The van der Waals surface area contributed by atoms with Gasteiger partial charge in [0.1, 0.15) is 0 Å². The van der Waals surface area contributed by atoms with Gasteiger partial charge in [0.15, 0.2) is 0 Å². The summed E-state index contributed by atoms with van der Waals surface area (Å²) in [6.45, 7) is 4.98. The SMILES string of the molecule is C[C@]12CC[C@H](O)CC1=CCC1C2CC[C@]2(C)C(c3cnccn3)=CCC12.